The lowest BCUT2D eigenvalue weighted by Crippen LogP contribution is -2.30. The van der Waals surface area contributed by atoms with Crippen molar-refractivity contribution in [1.82, 2.24) is 0 Å². The van der Waals surface area contributed by atoms with E-state index in [0.29, 0.717) is 5.56 Å². The Labute approximate surface area is 108 Å². The van der Waals surface area contributed by atoms with Gasteiger partial charge >= 0.3 is 12.1 Å². The van der Waals surface area contributed by atoms with Gasteiger partial charge in [-0.2, -0.15) is 13.2 Å². The average molecular weight is 326 g/mol. The molecule has 0 heterocycles. The van der Waals surface area contributed by atoms with Crippen LogP contribution in [0.3, 0.4) is 0 Å². The SMILES string of the molecule is O=C(Nc1cc(C2CC2)c(F)cc1Br)C(F)(F)F. The van der Waals surface area contributed by atoms with Crippen LogP contribution in [0.5, 0.6) is 0 Å². The van der Waals surface area contributed by atoms with Gasteiger partial charge in [0.1, 0.15) is 5.82 Å². The van der Waals surface area contributed by atoms with Crippen LogP contribution in [0.1, 0.15) is 24.3 Å². The third-order valence-corrected chi connectivity index (χ3v) is 3.27. The number of carbonyl (C=O) groups excluding carboxylic acids is 1. The fraction of sp³-hybridized carbons (Fsp3) is 0.364. The Morgan fingerprint density at radius 1 is 1.33 bits per heavy atom. The maximum Gasteiger partial charge on any atom is 0.471 e. The number of anilines is 1. The van der Waals surface area contributed by atoms with Crippen LogP contribution in [-0.2, 0) is 4.79 Å². The lowest BCUT2D eigenvalue weighted by atomic mass is 10.1. The molecule has 0 bridgehead atoms. The molecule has 1 N–H and O–H groups in total. The van der Waals surface area contributed by atoms with E-state index >= 15 is 0 Å². The van der Waals surface area contributed by atoms with Crippen LogP contribution in [0, 0.1) is 5.82 Å². The Hall–Kier alpha value is -1.11. The normalized spacial score (nSPS) is 15.6. The maximum atomic E-state index is 13.5. The third-order valence-electron chi connectivity index (χ3n) is 2.61. The van der Waals surface area contributed by atoms with Crippen molar-refractivity contribution in [2.45, 2.75) is 24.9 Å². The molecule has 1 aromatic carbocycles. The van der Waals surface area contributed by atoms with E-state index in [1.165, 1.54) is 6.07 Å². The Morgan fingerprint density at radius 2 is 1.94 bits per heavy atom. The smallest absolute Gasteiger partial charge is 0.317 e. The van der Waals surface area contributed by atoms with Gasteiger partial charge in [-0.1, -0.05) is 0 Å². The lowest BCUT2D eigenvalue weighted by molar-refractivity contribution is -0.167. The fourth-order valence-corrected chi connectivity index (χ4v) is 1.98. The minimum Gasteiger partial charge on any atom is -0.317 e. The van der Waals surface area contributed by atoms with Gasteiger partial charge in [-0.25, -0.2) is 4.39 Å². The zero-order valence-electron chi connectivity index (χ0n) is 8.94. The van der Waals surface area contributed by atoms with Crippen molar-refractivity contribution in [1.29, 1.82) is 0 Å². The van der Waals surface area contributed by atoms with Crippen LogP contribution < -0.4 is 5.32 Å². The highest BCUT2D eigenvalue weighted by molar-refractivity contribution is 9.10. The summed E-state index contributed by atoms with van der Waals surface area (Å²) >= 11 is 2.92. The minimum atomic E-state index is -4.96. The molecular weight excluding hydrogens is 318 g/mol. The van der Waals surface area contributed by atoms with E-state index < -0.39 is 17.9 Å². The number of halogens is 5. The van der Waals surface area contributed by atoms with Crippen molar-refractivity contribution in [3.8, 4) is 0 Å². The van der Waals surface area contributed by atoms with Crippen LogP contribution >= 0.6 is 15.9 Å². The van der Waals surface area contributed by atoms with E-state index in [0.717, 1.165) is 18.9 Å². The van der Waals surface area contributed by atoms with Crippen molar-refractivity contribution in [3.05, 3.63) is 28.0 Å². The molecule has 98 valence electrons. The van der Waals surface area contributed by atoms with Gasteiger partial charge in [0, 0.05) is 4.47 Å². The summed E-state index contributed by atoms with van der Waals surface area (Å²) in [7, 11) is 0. The predicted molar refractivity (Wildman–Crippen MR) is 60.8 cm³/mol. The molecule has 0 aliphatic heterocycles. The molecule has 0 unspecified atom stereocenters. The molecule has 1 amide bonds. The number of hydrogen-bond donors (Lipinski definition) is 1. The largest absolute Gasteiger partial charge is 0.471 e. The molecule has 1 aliphatic carbocycles. The van der Waals surface area contributed by atoms with Gasteiger partial charge < -0.3 is 5.32 Å². The molecule has 1 saturated carbocycles. The molecule has 7 heteroatoms. The second-order valence-corrected chi connectivity index (χ2v) is 4.93. The molecular formula is C11H8BrF4NO. The van der Waals surface area contributed by atoms with E-state index in [1.807, 2.05) is 0 Å². The summed E-state index contributed by atoms with van der Waals surface area (Å²) in [6.07, 6.45) is -3.34. The van der Waals surface area contributed by atoms with Crippen LogP contribution in [0.15, 0.2) is 16.6 Å². The molecule has 0 saturated heterocycles. The quantitative estimate of drug-likeness (QED) is 0.819. The second kappa shape index (κ2) is 4.53. The molecule has 0 atom stereocenters. The van der Waals surface area contributed by atoms with E-state index in [-0.39, 0.29) is 16.1 Å². The molecule has 1 aromatic rings. The van der Waals surface area contributed by atoms with Gasteiger partial charge in [0.05, 0.1) is 5.69 Å². The monoisotopic (exact) mass is 325 g/mol. The maximum absolute atomic E-state index is 13.5. The Balaban J connectivity index is 2.27. The van der Waals surface area contributed by atoms with Crippen LogP contribution in [0.4, 0.5) is 23.2 Å². The molecule has 1 fully saturated rings. The van der Waals surface area contributed by atoms with Crippen LogP contribution in [0.2, 0.25) is 0 Å². The highest BCUT2D eigenvalue weighted by Gasteiger charge is 2.39. The van der Waals surface area contributed by atoms with E-state index in [9.17, 15) is 22.4 Å². The van der Waals surface area contributed by atoms with Gasteiger partial charge in [0.25, 0.3) is 0 Å². The molecule has 1 aliphatic rings. The molecule has 0 radical (unpaired) electrons. The number of amides is 1. The van der Waals surface area contributed by atoms with Gasteiger partial charge in [0.2, 0.25) is 0 Å². The Kier molecular flexibility index (Phi) is 3.35. The van der Waals surface area contributed by atoms with Crippen molar-refractivity contribution in [2.75, 3.05) is 5.32 Å². The highest BCUT2D eigenvalue weighted by atomic mass is 79.9. The number of benzene rings is 1. The summed E-state index contributed by atoms with van der Waals surface area (Å²) in [5, 5.41) is 1.72. The molecule has 0 aromatic heterocycles. The van der Waals surface area contributed by atoms with Crippen molar-refractivity contribution < 1.29 is 22.4 Å². The van der Waals surface area contributed by atoms with Gasteiger partial charge in [0.15, 0.2) is 0 Å². The third kappa shape index (κ3) is 2.82. The molecule has 0 spiro atoms. The Morgan fingerprint density at radius 3 is 2.44 bits per heavy atom. The summed E-state index contributed by atoms with van der Waals surface area (Å²) < 4.78 is 50.0. The topological polar surface area (TPSA) is 29.1 Å². The molecule has 2 nitrogen and oxygen atoms in total. The van der Waals surface area contributed by atoms with Gasteiger partial charge in [-0.15, -0.1) is 0 Å². The number of carbonyl (C=O) groups is 1. The first-order valence-corrected chi connectivity index (χ1v) is 5.95. The van der Waals surface area contributed by atoms with Crippen molar-refractivity contribution in [3.63, 3.8) is 0 Å². The van der Waals surface area contributed by atoms with E-state index in [4.69, 9.17) is 0 Å². The summed E-state index contributed by atoms with van der Waals surface area (Å²) in [6.45, 7) is 0. The zero-order chi connectivity index (χ0) is 13.5. The number of nitrogens with one attached hydrogen (secondary N) is 1. The summed E-state index contributed by atoms with van der Waals surface area (Å²) in [6, 6.07) is 2.32. The minimum absolute atomic E-state index is 0.0413. The van der Waals surface area contributed by atoms with Gasteiger partial charge in [-0.05, 0) is 52.4 Å². The van der Waals surface area contributed by atoms with Gasteiger partial charge in [-0.3, -0.25) is 4.79 Å². The summed E-state index contributed by atoms with van der Waals surface area (Å²) in [5.41, 5.74) is 0.274. The fourth-order valence-electron chi connectivity index (χ4n) is 1.56. The van der Waals surface area contributed by atoms with E-state index in [1.54, 1.807) is 5.32 Å². The summed E-state index contributed by atoms with van der Waals surface area (Å²) in [5.74, 6) is -2.51. The number of alkyl halides is 3. The zero-order valence-corrected chi connectivity index (χ0v) is 10.5. The van der Waals surface area contributed by atoms with Crippen molar-refractivity contribution >= 4 is 27.5 Å². The summed E-state index contributed by atoms with van der Waals surface area (Å²) in [4.78, 5) is 10.8. The standard InChI is InChI=1S/C11H8BrF4NO/c12-7-4-8(13)6(5-1-2-5)3-9(7)17-10(18)11(14,15)16/h3-5H,1-2H2,(H,17,18). The first kappa shape index (κ1) is 13.3. The number of rotatable bonds is 2. The first-order chi connectivity index (χ1) is 8.29. The molecule has 18 heavy (non-hydrogen) atoms. The average Bonchev–Trinajstić information content (AvgIpc) is 3.04. The first-order valence-electron chi connectivity index (χ1n) is 5.16. The van der Waals surface area contributed by atoms with Crippen LogP contribution in [0.25, 0.3) is 0 Å². The lowest BCUT2D eigenvalue weighted by Gasteiger charge is -2.11. The van der Waals surface area contributed by atoms with Crippen molar-refractivity contribution in [2.24, 2.45) is 0 Å². The van der Waals surface area contributed by atoms with Crippen LogP contribution in [-0.4, -0.2) is 12.1 Å². The second-order valence-electron chi connectivity index (χ2n) is 4.08. The highest BCUT2D eigenvalue weighted by Crippen LogP contribution is 2.43. The predicted octanol–water partition coefficient (Wildman–Crippen LogP) is 3.97. The Bertz CT molecular complexity index is 497. The molecule has 2 rings (SSSR count). The van der Waals surface area contributed by atoms with E-state index in [2.05, 4.69) is 15.9 Å². The number of hydrogen-bond acceptors (Lipinski definition) is 1.